The van der Waals surface area contributed by atoms with E-state index in [0.717, 1.165) is 56.9 Å². The fourth-order valence-electron chi connectivity index (χ4n) is 3.51. The van der Waals surface area contributed by atoms with Crippen LogP contribution in [0, 0.1) is 0 Å². The standard InChI is InChI=1S/C19H21ClF3N5OS/c20-12-4-7-15(14(10-12)19(21,22)23)24-16(29)11-30-18-26-25-17(28(18)13-5-6-13)27-8-2-1-3-9-27/h4,7,10,13H,1-3,5-6,8-9,11H2,(H,24,29). The molecule has 0 atom stereocenters. The molecule has 2 aromatic rings. The molecule has 1 amide bonds. The van der Waals surface area contributed by atoms with E-state index in [1.165, 1.54) is 24.2 Å². The molecule has 162 valence electrons. The maximum atomic E-state index is 13.2. The molecule has 1 saturated carbocycles. The molecule has 2 fully saturated rings. The number of piperidine rings is 1. The van der Waals surface area contributed by atoms with Crippen molar-refractivity contribution >= 4 is 40.9 Å². The third kappa shape index (κ3) is 4.85. The molecule has 0 unspecified atom stereocenters. The number of amides is 1. The highest BCUT2D eigenvalue weighted by molar-refractivity contribution is 7.99. The molecule has 30 heavy (non-hydrogen) atoms. The fourth-order valence-corrected chi connectivity index (χ4v) is 4.48. The van der Waals surface area contributed by atoms with Crippen molar-refractivity contribution in [3.8, 4) is 0 Å². The number of rotatable bonds is 6. The number of carbonyl (C=O) groups is 1. The SMILES string of the molecule is O=C(CSc1nnc(N2CCCCC2)n1C1CC1)Nc1ccc(Cl)cc1C(F)(F)F. The predicted molar refractivity (Wildman–Crippen MR) is 110 cm³/mol. The largest absolute Gasteiger partial charge is 0.418 e. The number of anilines is 2. The molecule has 0 spiro atoms. The number of hydrogen-bond donors (Lipinski definition) is 1. The first kappa shape index (κ1) is 21.3. The number of alkyl halides is 3. The van der Waals surface area contributed by atoms with Gasteiger partial charge in [0.05, 0.1) is 17.0 Å². The van der Waals surface area contributed by atoms with Crippen molar-refractivity contribution in [1.29, 1.82) is 0 Å². The lowest BCUT2D eigenvalue weighted by atomic mass is 10.1. The van der Waals surface area contributed by atoms with E-state index >= 15 is 0 Å². The van der Waals surface area contributed by atoms with Gasteiger partial charge in [0, 0.05) is 24.2 Å². The Morgan fingerprint density at radius 3 is 2.60 bits per heavy atom. The van der Waals surface area contributed by atoms with Gasteiger partial charge in [0.25, 0.3) is 0 Å². The molecule has 1 aliphatic carbocycles. The van der Waals surface area contributed by atoms with Gasteiger partial charge < -0.3 is 10.2 Å². The summed E-state index contributed by atoms with van der Waals surface area (Å²) in [6, 6.07) is 3.61. The van der Waals surface area contributed by atoms with E-state index in [1.807, 2.05) is 0 Å². The van der Waals surface area contributed by atoms with Crippen molar-refractivity contribution in [2.24, 2.45) is 0 Å². The zero-order chi connectivity index (χ0) is 21.3. The minimum absolute atomic E-state index is 0.0440. The maximum Gasteiger partial charge on any atom is 0.418 e. The number of aromatic nitrogens is 3. The molecule has 0 bridgehead atoms. The highest BCUT2D eigenvalue weighted by Crippen LogP contribution is 2.41. The second-order valence-corrected chi connectivity index (χ2v) is 8.83. The van der Waals surface area contributed by atoms with E-state index in [0.29, 0.717) is 11.2 Å². The molecule has 1 aliphatic heterocycles. The van der Waals surface area contributed by atoms with E-state index in [2.05, 4.69) is 25.0 Å². The summed E-state index contributed by atoms with van der Waals surface area (Å²) in [6.45, 7) is 1.87. The van der Waals surface area contributed by atoms with E-state index in [9.17, 15) is 18.0 Å². The molecular weight excluding hydrogens is 439 g/mol. The minimum atomic E-state index is -4.61. The van der Waals surface area contributed by atoms with Crippen molar-refractivity contribution in [1.82, 2.24) is 14.8 Å². The number of nitrogens with one attached hydrogen (secondary N) is 1. The van der Waals surface area contributed by atoms with Crippen LogP contribution in [-0.4, -0.2) is 39.5 Å². The van der Waals surface area contributed by atoms with Crippen molar-refractivity contribution in [2.75, 3.05) is 29.1 Å². The highest BCUT2D eigenvalue weighted by atomic mass is 35.5. The number of nitrogens with zero attached hydrogens (tertiary/aromatic N) is 4. The Bertz CT molecular complexity index is 925. The third-order valence-corrected chi connectivity index (χ3v) is 6.27. The van der Waals surface area contributed by atoms with Crippen LogP contribution in [0.25, 0.3) is 0 Å². The van der Waals surface area contributed by atoms with Crippen LogP contribution in [0.15, 0.2) is 23.4 Å². The Morgan fingerprint density at radius 1 is 1.20 bits per heavy atom. The Morgan fingerprint density at radius 2 is 1.93 bits per heavy atom. The van der Waals surface area contributed by atoms with Gasteiger partial charge in [-0.05, 0) is 50.3 Å². The monoisotopic (exact) mass is 459 g/mol. The van der Waals surface area contributed by atoms with Crippen LogP contribution in [0.3, 0.4) is 0 Å². The molecule has 1 aromatic carbocycles. The van der Waals surface area contributed by atoms with Gasteiger partial charge in [0.2, 0.25) is 11.9 Å². The molecular formula is C19H21ClF3N5OS. The van der Waals surface area contributed by atoms with Crippen molar-refractivity contribution in [3.63, 3.8) is 0 Å². The smallest absolute Gasteiger partial charge is 0.341 e. The first-order chi connectivity index (χ1) is 14.3. The summed E-state index contributed by atoms with van der Waals surface area (Å²) in [7, 11) is 0. The van der Waals surface area contributed by atoms with Crippen molar-refractivity contribution < 1.29 is 18.0 Å². The molecule has 1 N–H and O–H groups in total. The highest BCUT2D eigenvalue weighted by Gasteiger charge is 2.35. The molecule has 2 aliphatic rings. The van der Waals surface area contributed by atoms with Crippen LogP contribution in [0.5, 0.6) is 0 Å². The quantitative estimate of drug-likeness (QED) is 0.615. The second kappa shape index (κ2) is 8.66. The van der Waals surface area contributed by atoms with Gasteiger partial charge in [-0.3, -0.25) is 9.36 Å². The molecule has 11 heteroatoms. The summed E-state index contributed by atoms with van der Waals surface area (Å²) in [5.74, 6) is 0.222. The second-order valence-electron chi connectivity index (χ2n) is 7.46. The van der Waals surface area contributed by atoms with Crippen molar-refractivity contribution in [2.45, 2.75) is 49.5 Å². The molecule has 6 nitrogen and oxygen atoms in total. The first-order valence-corrected chi connectivity index (χ1v) is 11.2. The van der Waals surface area contributed by atoms with Gasteiger partial charge in [0.1, 0.15) is 0 Å². The minimum Gasteiger partial charge on any atom is -0.341 e. The molecule has 1 aromatic heterocycles. The molecule has 0 radical (unpaired) electrons. The maximum absolute atomic E-state index is 13.2. The van der Waals surface area contributed by atoms with Crippen LogP contribution in [-0.2, 0) is 11.0 Å². The summed E-state index contributed by atoms with van der Waals surface area (Å²) >= 11 is 6.87. The first-order valence-electron chi connectivity index (χ1n) is 9.82. The van der Waals surface area contributed by atoms with Gasteiger partial charge in [-0.15, -0.1) is 10.2 Å². The van der Waals surface area contributed by atoms with Crippen LogP contribution in [0.1, 0.15) is 43.7 Å². The Hall–Kier alpha value is -1.94. The number of benzene rings is 1. The Balaban J connectivity index is 1.44. The fraction of sp³-hybridized carbons (Fsp3) is 0.526. The van der Waals surface area contributed by atoms with Crippen LogP contribution in [0.4, 0.5) is 24.8 Å². The summed E-state index contributed by atoms with van der Waals surface area (Å²) in [4.78, 5) is 14.6. The lowest BCUT2D eigenvalue weighted by Crippen LogP contribution is -2.32. The van der Waals surface area contributed by atoms with Crippen LogP contribution in [0.2, 0.25) is 5.02 Å². The Labute approximate surface area is 181 Å². The van der Waals surface area contributed by atoms with Gasteiger partial charge >= 0.3 is 6.18 Å². The van der Waals surface area contributed by atoms with Crippen LogP contribution < -0.4 is 10.2 Å². The molecule has 4 rings (SSSR count). The lowest BCUT2D eigenvalue weighted by Gasteiger charge is -2.27. The Kier molecular flexibility index (Phi) is 6.15. The third-order valence-electron chi connectivity index (χ3n) is 5.09. The zero-order valence-corrected chi connectivity index (χ0v) is 17.7. The van der Waals surface area contributed by atoms with E-state index in [4.69, 9.17) is 11.6 Å². The lowest BCUT2D eigenvalue weighted by molar-refractivity contribution is -0.137. The summed E-state index contributed by atoms with van der Waals surface area (Å²) in [5, 5.41) is 11.5. The summed E-state index contributed by atoms with van der Waals surface area (Å²) < 4.78 is 41.7. The van der Waals surface area contributed by atoms with Gasteiger partial charge in [-0.2, -0.15) is 13.2 Å². The number of carbonyl (C=O) groups excluding carboxylic acids is 1. The van der Waals surface area contributed by atoms with E-state index in [1.54, 1.807) is 0 Å². The van der Waals surface area contributed by atoms with Crippen molar-refractivity contribution in [3.05, 3.63) is 28.8 Å². The van der Waals surface area contributed by atoms with E-state index < -0.39 is 17.6 Å². The van der Waals surface area contributed by atoms with E-state index in [-0.39, 0.29) is 16.5 Å². The van der Waals surface area contributed by atoms with Gasteiger partial charge in [-0.1, -0.05) is 23.4 Å². The normalized spacial score (nSPS) is 17.3. The molecule has 2 heterocycles. The average Bonchev–Trinajstić information content (AvgIpc) is 3.46. The zero-order valence-electron chi connectivity index (χ0n) is 16.1. The topological polar surface area (TPSA) is 63.1 Å². The number of thioether (sulfide) groups is 1. The molecule has 1 saturated heterocycles. The van der Waals surface area contributed by atoms with Gasteiger partial charge in [0.15, 0.2) is 5.16 Å². The summed E-state index contributed by atoms with van der Waals surface area (Å²) in [6.07, 6.45) is 0.906. The average molecular weight is 460 g/mol. The number of hydrogen-bond acceptors (Lipinski definition) is 5. The summed E-state index contributed by atoms with van der Waals surface area (Å²) in [5.41, 5.74) is -1.28. The predicted octanol–water partition coefficient (Wildman–Crippen LogP) is 5.01. The number of halogens is 4. The van der Waals surface area contributed by atoms with Gasteiger partial charge in [-0.25, -0.2) is 0 Å². The van der Waals surface area contributed by atoms with Crippen LogP contribution >= 0.6 is 23.4 Å².